The maximum atomic E-state index is 12.7. The monoisotopic (exact) mass is 676 g/mol. The van der Waals surface area contributed by atoms with Gasteiger partial charge in [0.25, 0.3) is 11.1 Å². The van der Waals surface area contributed by atoms with E-state index in [1.807, 2.05) is 12.1 Å². The largest absolute Gasteiger partial charge is 0.497 e. The molecular formula is C22H18I2N2O5S. The first-order valence-corrected chi connectivity index (χ1v) is 12.2. The van der Waals surface area contributed by atoms with E-state index in [-0.39, 0.29) is 11.4 Å². The molecule has 2 aromatic carbocycles. The predicted octanol–water partition coefficient (Wildman–Crippen LogP) is 5.14. The zero-order valence-electron chi connectivity index (χ0n) is 16.9. The van der Waals surface area contributed by atoms with Crippen LogP contribution in [0.4, 0.5) is 10.5 Å². The SMILES string of the molecule is C=CCOc1c(I)cc(/C=C2/SC(=O)N(CC(=O)Nc3ccc(OC)cc3)C2=O)cc1I. The number of carbonyl (C=O) groups excluding carboxylic acids is 3. The lowest BCUT2D eigenvalue weighted by molar-refractivity contribution is -0.127. The summed E-state index contributed by atoms with van der Waals surface area (Å²) in [6, 6.07) is 10.5. The molecule has 0 radical (unpaired) electrons. The zero-order valence-corrected chi connectivity index (χ0v) is 22.0. The Hall–Kier alpha value is -2.06. The Morgan fingerprint density at radius 3 is 2.44 bits per heavy atom. The quantitative estimate of drug-likeness (QED) is 0.237. The number of benzene rings is 2. The van der Waals surface area contributed by atoms with E-state index in [1.165, 1.54) is 0 Å². The second-order valence-electron chi connectivity index (χ2n) is 6.46. The van der Waals surface area contributed by atoms with Crippen LogP contribution in [0, 0.1) is 7.14 Å². The maximum absolute atomic E-state index is 12.7. The van der Waals surface area contributed by atoms with Gasteiger partial charge in [-0.3, -0.25) is 19.3 Å². The van der Waals surface area contributed by atoms with Crippen LogP contribution in [-0.2, 0) is 9.59 Å². The molecule has 32 heavy (non-hydrogen) atoms. The van der Waals surface area contributed by atoms with E-state index in [2.05, 4.69) is 57.1 Å². The summed E-state index contributed by atoms with van der Waals surface area (Å²) in [6.07, 6.45) is 3.31. The minimum atomic E-state index is -0.498. The molecule has 0 aromatic heterocycles. The van der Waals surface area contributed by atoms with Crippen LogP contribution in [0.15, 0.2) is 54.0 Å². The average molecular weight is 676 g/mol. The van der Waals surface area contributed by atoms with Crippen LogP contribution < -0.4 is 14.8 Å². The lowest BCUT2D eigenvalue weighted by Crippen LogP contribution is -2.36. The minimum Gasteiger partial charge on any atom is -0.497 e. The van der Waals surface area contributed by atoms with Gasteiger partial charge in [-0.25, -0.2) is 0 Å². The van der Waals surface area contributed by atoms with Crippen molar-refractivity contribution in [1.29, 1.82) is 0 Å². The smallest absolute Gasteiger partial charge is 0.294 e. The Labute approximate surface area is 216 Å². The number of rotatable bonds is 8. The summed E-state index contributed by atoms with van der Waals surface area (Å²) in [5.41, 5.74) is 1.30. The van der Waals surface area contributed by atoms with Crippen LogP contribution in [0.25, 0.3) is 6.08 Å². The predicted molar refractivity (Wildman–Crippen MR) is 142 cm³/mol. The summed E-state index contributed by atoms with van der Waals surface area (Å²) in [7, 11) is 1.55. The lowest BCUT2D eigenvalue weighted by atomic mass is 10.2. The first-order chi connectivity index (χ1) is 15.3. The molecule has 1 N–H and O–H groups in total. The van der Waals surface area contributed by atoms with Gasteiger partial charge in [-0.05, 0) is 105 Å². The van der Waals surface area contributed by atoms with E-state index < -0.39 is 17.1 Å². The van der Waals surface area contributed by atoms with E-state index in [0.29, 0.717) is 18.0 Å². The summed E-state index contributed by atoms with van der Waals surface area (Å²) >= 11 is 5.13. The Balaban J connectivity index is 1.70. The number of anilines is 1. The van der Waals surface area contributed by atoms with E-state index in [9.17, 15) is 14.4 Å². The molecule has 2 aromatic rings. The molecule has 10 heteroatoms. The summed E-state index contributed by atoms with van der Waals surface area (Å²) in [4.78, 5) is 38.7. The van der Waals surface area contributed by atoms with Crippen LogP contribution in [-0.4, -0.2) is 42.2 Å². The number of imide groups is 1. The van der Waals surface area contributed by atoms with Gasteiger partial charge in [0.1, 0.15) is 24.7 Å². The second-order valence-corrected chi connectivity index (χ2v) is 9.78. The number of nitrogens with zero attached hydrogens (tertiary/aromatic N) is 1. The fourth-order valence-electron chi connectivity index (χ4n) is 2.75. The van der Waals surface area contributed by atoms with Crippen LogP contribution in [0.2, 0.25) is 0 Å². The van der Waals surface area contributed by atoms with Gasteiger partial charge in [0.2, 0.25) is 5.91 Å². The number of amides is 3. The van der Waals surface area contributed by atoms with Gasteiger partial charge in [0.15, 0.2) is 0 Å². The molecule has 7 nitrogen and oxygen atoms in total. The van der Waals surface area contributed by atoms with Gasteiger partial charge in [0, 0.05) is 5.69 Å². The van der Waals surface area contributed by atoms with E-state index in [0.717, 1.165) is 35.1 Å². The van der Waals surface area contributed by atoms with Crippen molar-refractivity contribution in [2.75, 3.05) is 25.6 Å². The topological polar surface area (TPSA) is 84.9 Å². The van der Waals surface area contributed by atoms with Crippen LogP contribution in [0.5, 0.6) is 11.5 Å². The van der Waals surface area contributed by atoms with Crippen LogP contribution in [0.1, 0.15) is 5.56 Å². The minimum absolute atomic E-state index is 0.263. The standard InChI is InChI=1S/C22H18I2N2O5S/c1-3-8-31-20-16(23)9-13(10-17(20)24)11-18-21(28)26(22(29)32-18)12-19(27)25-14-4-6-15(30-2)7-5-14/h3-7,9-11H,1,8,12H2,2H3,(H,25,27)/b18-11+. The molecule has 3 rings (SSSR count). The number of thioether (sulfide) groups is 1. The van der Waals surface area contributed by atoms with Gasteiger partial charge in [-0.15, -0.1) is 0 Å². The number of halogens is 2. The molecule has 1 fully saturated rings. The summed E-state index contributed by atoms with van der Waals surface area (Å²) in [5.74, 6) is 0.434. The van der Waals surface area contributed by atoms with Crippen LogP contribution in [0.3, 0.4) is 0 Å². The number of carbonyl (C=O) groups is 3. The highest BCUT2D eigenvalue weighted by atomic mass is 127. The molecule has 166 valence electrons. The molecule has 1 saturated heterocycles. The number of methoxy groups -OCH3 is 1. The zero-order chi connectivity index (χ0) is 23.3. The summed E-state index contributed by atoms with van der Waals surface area (Å²) in [6.45, 7) is 3.67. The summed E-state index contributed by atoms with van der Waals surface area (Å²) < 4.78 is 12.5. The highest BCUT2D eigenvalue weighted by molar-refractivity contribution is 14.1. The van der Waals surface area contributed by atoms with Crippen molar-refractivity contribution in [2.24, 2.45) is 0 Å². The molecule has 0 aliphatic carbocycles. The number of hydrogen-bond acceptors (Lipinski definition) is 6. The van der Waals surface area contributed by atoms with E-state index in [4.69, 9.17) is 9.47 Å². The van der Waals surface area contributed by atoms with Gasteiger partial charge >= 0.3 is 0 Å². The van der Waals surface area contributed by atoms with Crippen molar-refractivity contribution in [3.05, 3.63) is 66.7 Å². The molecule has 1 aliphatic heterocycles. The number of ether oxygens (including phenoxy) is 2. The van der Waals surface area contributed by atoms with Crippen LogP contribution >= 0.6 is 56.9 Å². The second kappa shape index (κ2) is 11.2. The van der Waals surface area contributed by atoms with Crippen molar-refractivity contribution in [1.82, 2.24) is 4.90 Å². The Kier molecular flexibility index (Phi) is 8.59. The third kappa shape index (κ3) is 6.04. The molecule has 1 aliphatic rings. The molecule has 1 heterocycles. The van der Waals surface area contributed by atoms with E-state index >= 15 is 0 Å². The lowest BCUT2D eigenvalue weighted by Gasteiger charge is -2.12. The van der Waals surface area contributed by atoms with E-state index in [1.54, 1.807) is 43.5 Å². The third-order valence-electron chi connectivity index (χ3n) is 4.21. The van der Waals surface area contributed by atoms with Gasteiger partial charge < -0.3 is 14.8 Å². The molecule has 0 atom stereocenters. The van der Waals surface area contributed by atoms with Crippen molar-refractivity contribution < 1.29 is 23.9 Å². The first kappa shape index (κ1) is 24.6. The first-order valence-electron chi connectivity index (χ1n) is 9.24. The highest BCUT2D eigenvalue weighted by Gasteiger charge is 2.36. The molecule has 3 amide bonds. The normalized spacial score (nSPS) is 14.6. The molecule has 0 saturated carbocycles. The average Bonchev–Trinajstić information content (AvgIpc) is 3.01. The van der Waals surface area contributed by atoms with Crippen molar-refractivity contribution in [2.45, 2.75) is 0 Å². The molecule has 0 spiro atoms. The number of nitrogens with one attached hydrogen (secondary N) is 1. The molecular weight excluding hydrogens is 658 g/mol. The summed E-state index contributed by atoms with van der Waals surface area (Å²) in [5, 5.41) is 2.19. The fraction of sp³-hybridized carbons (Fsp3) is 0.136. The maximum Gasteiger partial charge on any atom is 0.294 e. The Morgan fingerprint density at radius 1 is 1.19 bits per heavy atom. The highest BCUT2D eigenvalue weighted by Crippen LogP contribution is 2.34. The molecule has 0 bridgehead atoms. The molecule has 0 unspecified atom stereocenters. The van der Waals surface area contributed by atoms with Crippen molar-refractivity contribution in [3.63, 3.8) is 0 Å². The van der Waals surface area contributed by atoms with Gasteiger partial charge in [-0.2, -0.15) is 0 Å². The van der Waals surface area contributed by atoms with Crippen molar-refractivity contribution in [3.8, 4) is 11.5 Å². The Morgan fingerprint density at radius 2 is 1.84 bits per heavy atom. The van der Waals surface area contributed by atoms with Gasteiger partial charge in [0.05, 0.1) is 19.2 Å². The van der Waals surface area contributed by atoms with Gasteiger partial charge in [-0.1, -0.05) is 12.7 Å². The number of hydrogen-bond donors (Lipinski definition) is 1. The van der Waals surface area contributed by atoms with Crippen molar-refractivity contribution >= 4 is 85.8 Å². The fourth-order valence-corrected chi connectivity index (χ4v) is 5.72. The third-order valence-corrected chi connectivity index (χ3v) is 6.72. The Bertz CT molecular complexity index is 1080.